The van der Waals surface area contributed by atoms with Gasteiger partial charge in [-0.05, 0) is 49.2 Å². The van der Waals surface area contributed by atoms with Gasteiger partial charge in [0.05, 0.1) is 12.7 Å². The Hall–Kier alpha value is -2.36. The predicted octanol–water partition coefficient (Wildman–Crippen LogP) is 3.26. The zero-order valence-electron chi connectivity index (χ0n) is 11.7. The van der Waals surface area contributed by atoms with Gasteiger partial charge in [-0.25, -0.2) is 4.39 Å². The van der Waals surface area contributed by atoms with Crippen LogP contribution >= 0.6 is 0 Å². The molecule has 3 nitrogen and oxygen atoms in total. The van der Waals surface area contributed by atoms with Gasteiger partial charge in [0.2, 0.25) is 0 Å². The van der Waals surface area contributed by atoms with Gasteiger partial charge in [-0.15, -0.1) is 0 Å². The van der Waals surface area contributed by atoms with Gasteiger partial charge in [0.1, 0.15) is 11.6 Å². The average Bonchev–Trinajstić information content (AvgIpc) is 2.37. The monoisotopic (exact) mass is 273 g/mol. The van der Waals surface area contributed by atoms with Crippen molar-refractivity contribution in [1.82, 2.24) is 0 Å². The van der Waals surface area contributed by atoms with Crippen LogP contribution in [0.3, 0.4) is 0 Å². The second-order valence-electron chi connectivity index (χ2n) is 4.72. The molecule has 0 aliphatic rings. The molecule has 2 N–H and O–H groups in total. The van der Waals surface area contributed by atoms with Crippen molar-refractivity contribution in [2.75, 3.05) is 12.8 Å². The SMILES string of the molecule is COc1ccc(N)c(C(=O)c2c(C)cc(C)cc2F)c1. The Balaban J connectivity index is 2.57. The van der Waals surface area contributed by atoms with Gasteiger partial charge >= 0.3 is 0 Å². The Morgan fingerprint density at radius 3 is 2.50 bits per heavy atom. The molecule has 104 valence electrons. The topological polar surface area (TPSA) is 52.3 Å². The summed E-state index contributed by atoms with van der Waals surface area (Å²) >= 11 is 0. The first-order valence-corrected chi connectivity index (χ1v) is 6.19. The zero-order chi connectivity index (χ0) is 14.9. The lowest BCUT2D eigenvalue weighted by atomic mass is 9.96. The Kier molecular flexibility index (Phi) is 3.74. The summed E-state index contributed by atoms with van der Waals surface area (Å²) in [6.45, 7) is 3.49. The fraction of sp³-hybridized carbons (Fsp3) is 0.188. The number of rotatable bonds is 3. The second kappa shape index (κ2) is 5.33. The molecule has 2 rings (SSSR count). The van der Waals surface area contributed by atoms with E-state index < -0.39 is 11.6 Å². The lowest BCUT2D eigenvalue weighted by Crippen LogP contribution is -2.10. The Labute approximate surface area is 117 Å². The average molecular weight is 273 g/mol. The summed E-state index contributed by atoms with van der Waals surface area (Å²) < 4.78 is 19.1. The number of ketones is 1. The third-order valence-electron chi connectivity index (χ3n) is 3.16. The molecule has 2 aromatic carbocycles. The van der Waals surface area contributed by atoms with E-state index >= 15 is 0 Å². The molecular weight excluding hydrogens is 257 g/mol. The number of anilines is 1. The van der Waals surface area contributed by atoms with Gasteiger partial charge in [-0.3, -0.25) is 4.79 Å². The third kappa shape index (κ3) is 2.50. The van der Waals surface area contributed by atoms with E-state index in [1.807, 2.05) is 0 Å². The fourth-order valence-electron chi connectivity index (χ4n) is 2.20. The first-order chi connectivity index (χ1) is 9.43. The van der Waals surface area contributed by atoms with E-state index in [0.717, 1.165) is 5.56 Å². The van der Waals surface area contributed by atoms with Crippen LogP contribution in [0.1, 0.15) is 27.0 Å². The molecule has 0 spiro atoms. The smallest absolute Gasteiger partial charge is 0.198 e. The minimum absolute atomic E-state index is 0.0514. The number of methoxy groups -OCH3 is 1. The molecule has 0 atom stereocenters. The lowest BCUT2D eigenvalue weighted by molar-refractivity contribution is 0.103. The van der Waals surface area contributed by atoms with Crippen LogP contribution in [-0.2, 0) is 0 Å². The highest BCUT2D eigenvalue weighted by molar-refractivity contribution is 6.13. The number of benzene rings is 2. The van der Waals surface area contributed by atoms with Crippen molar-refractivity contribution in [3.8, 4) is 5.75 Å². The van der Waals surface area contributed by atoms with Crippen LogP contribution in [0, 0.1) is 19.7 Å². The summed E-state index contributed by atoms with van der Waals surface area (Å²) in [5.41, 5.74) is 7.78. The highest BCUT2D eigenvalue weighted by atomic mass is 19.1. The molecule has 0 bridgehead atoms. The van der Waals surface area contributed by atoms with Crippen molar-refractivity contribution < 1.29 is 13.9 Å². The lowest BCUT2D eigenvalue weighted by Gasteiger charge is -2.11. The molecular formula is C16H16FNO2. The van der Waals surface area contributed by atoms with Crippen LogP contribution in [-0.4, -0.2) is 12.9 Å². The molecule has 0 aliphatic carbocycles. The molecule has 0 amide bonds. The highest BCUT2D eigenvalue weighted by Gasteiger charge is 2.19. The Morgan fingerprint density at radius 1 is 1.20 bits per heavy atom. The normalized spacial score (nSPS) is 10.4. The van der Waals surface area contributed by atoms with E-state index in [2.05, 4.69) is 0 Å². The van der Waals surface area contributed by atoms with Crippen molar-refractivity contribution in [2.45, 2.75) is 13.8 Å². The largest absolute Gasteiger partial charge is 0.497 e. The van der Waals surface area contributed by atoms with Crippen LogP contribution < -0.4 is 10.5 Å². The van der Waals surface area contributed by atoms with Crippen LogP contribution in [0.5, 0.6) is 5.75 Å². The summed E-state index contributed by atoms with van der Waals surface area (Å²) in [5, 5.41) is 0. The standard InChI is InChI=1S/C16H16FNO2/c1-9-6-10(2)15(13(17)7-9)16(19)12-8-11(20-3)4-5-14(12)18/h4-8H,18H2,1-3H3. The van der Waals surface area contributed by atoms with Crippen LogP contribution in [0.25, 0.3) is 0 Å². The maximum absolute atomic E-state index is 14.1. The molecule has 0 saturated heterocycles. The summed E-state index contributed by atoms with van der Waals surface area (Å²) in [5.74, 6) is -0.459. The molecule has 4 heteroatoms. The first kappa shape index (κ1) is 14.1. The van der Waals surface area contributed by atoms with Gasteiger partial charge in [0, 0.05) is 11.3 Å². The van der Waals surface area contributed by atoms with Gasteiger partial charge in [-0.1, -0.05) is 6.07 Å². The summed E-state index contributed by atoms with van der Waals surface area (Å²) in [6, 6.07) is 7.87. The van der Waals surface area contributed by atoms with E-state index in [4.69, 9.17) is 10.5 Å². The number of hydrogen-bond acceptors (Lipinski definition) is 3. The predicted molar refractivity (Wildman–Crippen MR) is 76.7 cm³/mol. The number of halogens is 1. The van der Waals surface area contributed by atoms with Crippen LogP contribution in [0.4, 0.5) is 10.1 Å². The molecule has 0 aromatic heterocycles. The molecule has 0 radical (unpaired) electrons. The minimum Gasteiger partial charge on any atom is -0.497 e. The van der Waals surface area contributed by atoms with Gasteiger partial charge in [-0.2, -0.15) is 0 Å². The number of nitrogen functional groups attached to an aromatic ring is 1. The number of ether oxygens (including phenoxy) is 1. The first-order valence-electron chi connectivity index (χ1n) is 6.19. The molecule has 0 fully saturated rings. The van der Waals surface area contributed by atoms with E-state index in [-0.39, 0.29) is 11.1 Å². The summed E-state index contributed by atoms with van der Waals surface area (Å²) in [6.07, 6.45) is 0. The van der Waals surface area contributed by atoms with Crippen molar-refractivity contribution in [3.05, 3.63) is 58.4 Å². The van der Waals surface area contributed by atoms with Crippen LogP contribution in [0.15, 0.2) is 30.3 Å². The third-order valence-corrected chi connectivity index (χ3v) is 3.16. The number of carbonyl (C=O) groups is 1. The zero-order valence-corrected chi connectivity index (χ0v) is 11.7. The van der Waals surface area contributed by atoms with Crippen molar-refractivity contribution in [3.63, 3.8) is 0 Å². The van der Waals surface area contributed by atoms with Gasteiger partial charge < -0.3 is 10.5 Å². The highest BCUT2D eigenvalue weighted by Crippen LogP contribution is 2.25. The maximum Gasteiger partial charge on any atom is 0.198 e. The van der Waals surface area contributed by atoms with Crippen molar-refractivity contribution in [2.24, 2.45) is 0 Å². The Bertz CT molecular complexity index is 657. The van der Waals surface area contributed by atoms with Crippen molar-refractivity contribution in [1.29, 1.82) is 0 Å². The number of aryl methyl sites for hydroxylation is 2. The molecule has 20 heavy (non-hydrogen) atoms. The maximum atomic E-state index is 14.1. The molecule has 0 aliphatic heterocycles. The number of hydrogen-bond donors (Lipinski definition) is 1. The van der Waals surface area contributed by atoms with E-state index in [1.165, 1.54) is 19.2 Å². The second-order valence-corrected chi connectivity index (χ2v) is 4.72. The molecule has 0 saturated carbocycles. The summed E-state index contributed by atoms with van der Waals surface area (Å²) in [7, 11) is 1.50. The molecule has 0 heterocycles. The van der Waals surface area contributed by atoms with Gasteiger partial charge in [0.15, 0.2) is 5.78 Å². The van der Waals surface area contributed by atoms with Gasteiger partial charge in [0.25, 0.3) is 0 Å². The minimum atomic E-state index is -0.533. The van der Waals surface area contributed by atoms with Crippen molar-refractivity contribution >= 4 is 11.5 Å². The van der Waals surface area contributed by atoms with E-state index in [1.54, 1.807) is 32.0 Å². The van der Waals surface area contributed by atoms with E-state index in [9.17, 15) is 9.18 Å². The Morgan fingerprint density at radius 2 is 1.90 bits per heavy atom. The fourth-order valence-corrected chi connectivity index (χ4v) is 2.20. The molecule has 0 unspecified atom stereocenters. The number of nitrogens with two attached hydrogens (primary N) is 1. The quantitative estimate of drug-likeness (QED) is 0.689. The van der Waals surface area contributed by atoms with Crippen LogP contribution in [0.2, 0.25) is 0 Å². The molecule has 2 aromatic rings. The summed E-state index contributed by atoms with van der Waals surface area (Å²) in [4.78, 5) is 12.5. The number of carbonyl (C=O) groups excluding carboxylic acids is 1. The van der Waals surface area contributed by atoms with E-state index in [0.29, 0.717) is 17.0 Å².